The topological polar surface area (TPSA) is 59.0 Å². The molecule has 3 atom stereocenters. The van der Waals surface area contributed by atoms with Gasteiger partial charge in [-0.1, -0.05) is 72.1 Å². The molecule has 0 radical (unpaired) electrons. The number of carbonyl (C=O) groups is 1. The molecule has 0 saturated carbocycles. The molecule has 0 saturated heterocycles. The Morgan fingerprint density at radius 2 is 1.82 bits per heavy atom. The molecule has 1 unspecified atom stereocenters. The molecule has 3 aromatic carbocycles. The number of carbonyl (C=O) groups excluding carboxylic acids is 1. The van der Waals surface area contributed by atoms with Crippen molar-refractivity contribution < 1.29 is 9.18 Å². The molecule has 2 amide bonds. The molecule has 6 rings (SSSR count). The van der Waals surface area contributed by atoms with Crippen molar-refractivity contribution in [2.75, 3.05) is 5.32 Å². The summed E-state index contributed by atoms with van der Waals surface area (Å²) in [6.45, 7) is 2.26. The molecule has 0 spiro atoms. The van der Waals surface area contributed by atoms with Gasteiger partial charge < -0.3 is 10.6 Å². The van der Waals surface area contributed by atoms with Crippen LogP contribution in [0.2, 0.25) is 5.02 Å². The number of fused-ring (bicyclic) bond motifs is 1. The molecule has 1 heterocycles. The predicted octanol–water partition coefficient (Wildman–Crippen LogP) is 7.98. The van der Waals surface area contributed by atoms with Crippen molar-refractivity contribution >= 4 is 23.3 Å². The summed E-state index contributed by atoms with van der Waals surface area (Å²) in [7, 11) is 0. The predicted molar refractivity (Wildman–Crippen MR) is 153 cm³/mol. The van der Waals surface area contributed by atoms with E-state index in [1.165, 1.54) is 34.5 Å². The maximum atomic E-state index is 13.5. The van der Waals surface area contributed by atoms with Gasteiger partial charge in [0.1, 0.15) is 5.82 Å². The highest BCUT2D eigenvalue weighted by Gasteiger charge is 2.37. The minimum Gasteiger partial charge on any atom is -0.331 e. The maximum Gasteiger partial charge on any atom is 0.319 e. The third kappa shape index (κ3) is 5.09. The summed E-state index contributed by atoms with van der Waals surface area (Å²) in [5.74, 6) is 0.334. The molecule has 0 aliphatic heterocycles. The van der Waals surface area contributed by atoms with Crippen molar-refractivity contribution in [3.63, 3.8) is 0 Å². The maximum absolute atomic E-state index is 13.5. The fourth-order valence-electron chi connectivity index (χ4n) is 6.26. The smallest absolute Gasteiger partial charge is 0.319 e. The van der Waals surface area contributed by atoms with E-state index < -0.39 is 0 Å². The third-order valence-corrected chi connectivity index (χ3v) is 8.41. The number of anilines is 1. The van der Waals surface area contributed by atoms with Crippen LogP contribution in [0.3, 0.4) is 0 Å². The van der Waals surface area contributed by atoms with Gasteiger partial charge in [-0.05, 0) is 67.1 Å². The van der Waals surface area contributed by atoms with E-state index in [0.717, 1.165) is 36.9 Å². The number of halogens is 2. The van der Waals surface area contributed by atoms with Crippen molar-refractivity contribution in [3.05, 3.63) is 124 Å². The molecule has 2 aliphatic carbocycles. The van der Waals surface area contributed by atoms with Gasteiger partial charge in [-0.25, -0.2) is 13.9 Å². The van der Waals surface area contributed by atoms with E-state index >= 15 is 0 Å². The first-order chi connectivity index (χ1) is 19.0. The molecule has 2 N–H and O–H groups in total. The molecule has 198 valence electrons. The molecule has 0 fully saturated rings. The highest BCUT2D eigenvalue weighted by molar-refractivity contribution is 6.33. The lowest BCUT2D eigenvalue weighted by Gasteiger charge is -2.30. The van der Waals surface area contributed by atoms with Gasteiger partial charge in [0.05, 0.1) is 34.3 Å². The molecule has 2 aliphatic rings. The fraction of sp³-hybridized carbons (Fsp3) is 0.250. The molecule has 7 heteroatoms. The van der Waals surface area contributed by atoms with Gasteiger partial charge in [0.15, 0.2) is 0 Å². The Labute approximate surface area is 232 Å². The van der Waals surface area contributed by atoms with E-state index in [2.05, 4.69) is 34.8 Å². The second-order valence-electron chi connectivity index (χ2n) is 10.4. The van der Waals surface area contributed by atoms with Crippen LogP contribution in [0.1, 0.15) is 55.0 Å². The first-order valence-electron chi connectivity index (χ1n) is 13.4. The Bertz CT molecular complexity index is 1530. The van der Waals surface area contributed by atoms with Crippen molar-refractivity contribution in [1.82, 2.24) is 15.1 Å². The Morgan fingerprint density at radius 3 is 2.59 bits per heavy atom. The van der Waals surface area contributed by atoms with E-state index in [-0.39, 0.29) is 23.8 Å². The number of nitrogens with zero attached hydrogens (tertiary/aromatic N) is 2. The van der Waals surface area contributed by atoms with Gasteiger partial charge in [-0.15, -0.1) is 0 Å². The molecular weight excluding hydrogens is 511 g/mol. The first-order valence-corrected chi connectivity index (χ1v) is 13.8. The van der Waals surface area contributed by atoms with Crippen LogP contribution in [-0.4, -0.2) is 15.8 Å². The number of para-hydroxylation sites is 1. The highest BCUT2D eigenvalue weighted by atomic mass is 35.5. The monoisotopic (exact) mass is 540 g/mol. The molecule has 4 aromatic rings. The van der Waals surface area contributed by atoms with E-state index in [4.69, 9.17) is 11.6 Å². The number of aromatic nitrogens is 2. The summed E-state index contributed by atoms with van der Waals surface area (Å²) >= 11 is 6.27. The lowest BCUT2D eigenvalue weighted by atomic mass is 9.78. The van der Waals surface area contributed by atoms with Crippen molar-refractivity contribution in [2.24, 2.45) is 5.92 Å². The third-order valence-electron chi connectivity index (χ3n) is 8.08. The average molecular weight is 541 g/mol. The van der Waals surface area contributed by atoms with Crippen LogP contribution in [0.25, 0.3) is 5.69 Å². The van der Waals surface area contributed by atoms with Gasteiger partial charge in [0.2, 0.25) is 0 Å². The molecular formula is C32H30ClFN4O. The minimum atomic E-state index is -0.274. The van der Waals surface area contributed by atoms with Gasteiger partial charge in [-0.2, -0.15) is 5.10 Å². The summed E-state index contributed by atoms with van der Waals surface area (Å²) in [4.78, 5) is 13.1. The van der Waals surface area contributed by atoms with Crippen molar-refractivity contribution in [3.8, 4) is 5.69 Å². The Kier molecular flexibility index (Phi) is 6.96. The number of nitrogens with one attached hydrogen (secondary N) is 2. The number of allylic oxidation sites excluding steroid dienone is 2. The lowest BCUT2D eigenvalue weighted by Crippen LogP contribution is -2.34. The summed E-state index contributed by atoms with van der Waals surface area (Å²) < 4.78 is 15.5. The normalized spacial score (nSPS) is 18.8. The second-order valence-corrected chi connectivity index (χ2v) is 10.8. The Morgan fingerprint density at radius 1 is 1.08 bits per heavy atom. The SMILES string of the molecule is C[C@@H]1C2=C(CC[C@@H]2CC(NC(=O)Nc2ccccc2Cl)c2ccccc2)Cc2c1cnn2-c1ccc(F)cc1. The lowest BCUT2D eigenvalue weighted by molar-refractivity contribution is 0.246. The number of urea groups is 1. The Balaban J connectivity index is 1.24. The molecule has 39 heavy (non-hydrogen) atoms. The summed E-state index contributed by atoms with van der Waals surface area (Å²) in [5, 5.41) is 11.3. The molecule has 1 aromatic heterocycles. The quantitative estimate of drug-likeness (QED) is 0.243. The van der Waals surface area contributed by atoms with E-state index in [1.54, 1.807) is 24.3 Å². The Hall–Kier alpha value is -3.90. The van der Waals surface area contributed by atoms with Crippen LogP contribution in [0, 0.1) is 11.7 Å². The van der Waals surface area contributed by atoms with Crippen molar-refractivity contribution in [2.45, 2.75) is 44.6 Å². The molecule has 5 nitrogen and oxygen atoms in total. The zero-order valence-corrected chi connectivity index (χ0v) is 22.5. The number of rotatable bonds is 6. The zero-order chi connectivity index (χ0) is 26.9. The number of hydrogen-bond donors (Lipinski definition) is 2. The van der Waals surface area contributed by atoms with Crippen LogP contribution >= 0.6 is 11.6 Å². The van der Waals surface area contributed by atoms with Crippen LogP contribution < -0.4 is 10.6 Å². The molecule has 0 bridgehead atoms. The summed E-state index contributed by atoms with van der Waals surface area (Å²) in [6.07, 6.45) is 5.71. The fourth-order valence-corrected chi connectivity index (χ4v) is 6.44. The summed E-state index contributed by atoms with van der Waals surface area (Å²) in [5.41, 5.74) is 7.90. The van der Waals surface area contributed by atoms with Crippen LogP contribution in [0.15, 0.2) is 96.2 Å². The van der Waals surface area contributed by atoms with Gasteiger partial charge in [0, 0.05) is 17.9 Å². The van der Waals surface area contributed by atoms with Crippen LogP contribution in [0.5, 0.6) is 0 Å². The number of hydrogen-bond acceptors (Lipinski definition) is 2. The minimum absolute atomic E-state index is 0.152. The first kappa shape index (κ1) is 25.4. The van der Waals surface area contributed by atoms with Gasteiger partial charge >= 0.3 is 6.03 Å². The van der Waals surface area contributed by atoms with E-state index in [9.17, 15) is 9.18 Å². The second kappa shape index (κ2) is 10.7. The summed E-state index contributed by atoms with van der Waals surface area (Å²) in [6, 6.07) is 23.5. The van der Waals surface area contributed by atoms with Crippen LogP contribution in [-0.2, 0) is 6.42 Å². The van der Waals surface area contributed by atoms with Gasteiger partial charge in [0.25, 0.3) is 0 Å². The van der Waals surface area contributed by atoms with Gasteiger partial charge in [-0.3, -0.25) is 0 Å². The standard InChI is InChI=1S/C32H30ClFN4O/c1-20-26-19-35-38(25-15-13-24(34)14-16-25)30(26)18-23-12-11-22(31(20)23)17-29(21-7-3-2-4-8-21)37-32(39)36-28-10-6-5-9-27(28)33/h2-10,13-16,19-20,22,29H,11-12,17-18H2,1H3,(H2,36,37,39)/t20-,22+,29?/m0/s1. The van der Waals surface area contributed by atoms with Crippen molar-refractivity contribution in [1.29, 1.82) is 0 Å². The average Bonchev–Trinajstić information content (AvgIpc) is 3.55. The highest BCUT2D eigenvalue weighted by Crippen LogP contribution is 2.49. The number of amides is 2. The number of benzene rings is 3. The van der Waals surface area contributed by atoms with E-state index in [0.29, 0.717) is 16.6 Å². The van der Waals surface area contributed by atoms with E-state index in [1.807, 2.05) is 41.2 Å². The largest absolute Gasteiger partial charge is 0.331 e. The zero-order valence-electron chi connectivity index (χ0n) is 21.7. The van der Waals surface area contributed by atoms with Crippen LogP contribution in [0.4, 0.5) is 14.9 Å².